The Morgan fingerprint density at radius 2 is 1.06 bits per heavy atom. The van der Waals surface area contributed by atoms with Crippen LogP contribution in [-0.2, 0) is 48.2 Å². The Labute approximate surface area is 306 Å². The lowest BCUT2D eigenvalue weighted by Crippen LogP contribution is -2.55. The molecule has 0 unspecified atom stereocenters. The molecule has 2 saturated heterocycles. The highest BCUT2D eigenvalue weighted by Gasteiger charge is 2.44. The van der Waals surface area contributed by atoms with Gasteiger partial charge in [-0.3, -0.25) is 0 Å². The van der Waals surface area contributed by atoms with Gasteiger partial charge < -0.3 is 37.9 Å². The molecule has 2 aliphatic rings. The van der Waals surface area contributed by atoms with Gasteiger partial charge in [-0.1, -0.05) is 97.1 Å². The predicted octanol–water partition coefficient (Wildman–Crippen LogP) is 8.64. The maximum Gasteiger partial charge on any atom is 0.202 e. The molecule has 0 saturated carbocycles. The van der Waals surface area contributed by atoms with Crippen LogP contribution in [0, 0.1) is 0 Å². The quantitative estimate of drug-likeness (QED) is 0.114. The Morgan fingerprint density at radius 1 is 0.519 bits per heavy atom. The van der Waals surface area contributed by atoms with Crippen molar-refractivity contribution in [3.05, 3.63) is 144 Å². The van der Waals surface area contributed by atoms with Gasteiger partial charge in [-0.05, 0) is 71.6 Å². The average molecular weight is 705 g/mol. The first-order valence-electron chi connectivity index (χ1n) is 18.2. The molecule has 52 heavy (non-hydrogen) atoms. The molecular formula is C44H48O8. The lowest BCUT2D eigenvalue weighted by Gasteiger charge is -2.45. The van der Waals surface area contributed by atoms with Crippen LogP contribution in [0.25, 0.3) is 10.8 Å². The Morgan fingerprint density at radius 3 is 1.73 bits per heavy atom. The number of fused-ring (bicyclic) bond motifs is 1. The van der Waals surface area contributed by atoms with Gasteiger partial charge in [0.25, 0.3) is 0 Å². The molecule has 0 amide bonds. The van der Waals surface area contributed by atoms with E-state index in [4.69, 9.17) is 37.9 Å². The topological polar surface area (TPSA) is 73.8 Å². The van der Waals surface area contributed by atoms with E-state index in [9.17, 15) is 0 Å². The van der Waals surface area contributed by atoms with E-state index in [0.29, 0.717) is 38.4 Å². The molecule has 0 N–H and O–H groups in total. The van der Waals surface area contributed by atoms with Crippen LogP contribution < -0.4 is 9.47 Å². The average Bonchev–Trinajstić information content (AvgIpc) is 3.18. The first kappa shape index (κ1) is 36.1. The van der Waals surface area contributed by atoms with E-state index in [1.165, 1.54) is 10.8 Å². The zero-order chi connectivity index (χ0) is 35.7. The minimum absolute atomic E-state index is 0.274. The summed E-state index contributed by atoms with van der Waals surface area (Å²) in [6.07, 6.45) is -2.08. The molecule has 0 bridgehead atoms. The summed E-state index contributed by atoms with van der Waals surface area (Å²) in [4.78, 5) is 0. The molecular weight excluding hydrogens is 656 g/mol. The summed E-state index contributed by atoms with van der Waals surface area (Å²) >= 11 is 0. The summed E-state index contributed by atoms with van der Waals surface area (Å²) in [7, 11) is 1.64. The molecule has 272 valence electrons. The van der Waals surface area contributed by atoms with E-state index < -0.39 is 18.7 Å². The molecule has 0 aliphatic carbocycles. The van der Waals surface area contributed by atoms with E-state index in [0.717, 1.165) is 22.4 Å². The highest BCUT2D eigenvalue weighted by molar-refractivity contribution is 5.82. The van der Waals surface area contributed by atoms with Crippen molar-refractivity contribution in [2.45, 2.75) is 95.7 Å². The highest BCUT2D eigenvalue weighted by atomic mass is 16.7. The van der Waals surface area contributed by atoms with Gasteiger partial charge in [0.1, 0.15) is 23.7 Å². The smallest absolute Gasteiger partial charge is 0.202 e. The number of hydrogen-bond acceptors (Lipinski definition) is 8. The summed E-state index contributed by atoms with van der Waals surface area (Å²) in [6, 6.07) is 42.6. The fourth-order valence-electron chi connectivity index (χ4n) is 6.98. The summed E-state index contributed by atoms with van der Waals surface area (Å²) in [6.45, 7) is 5.36. The zero-order valence-electron chi connectivity index (χ0n) is 30.0. The molecule has 8 heteroatoms. The molecule has 5 aromatic rings. The molecule has 7 rings (SSSR count). The third-order valence-corrected chi connectivity index (χ3v) is 9.75. The van der Waals surface area contributed by atoms with Gasteiger partial charge in [0, 0.05) is 12.8 Å². The van der Waals surface area contributed by atoms with Gasteiger partial charge in [0.15, 0.2) is 6.29 Å². The van der Waals surface area contributed by atoms with Crippen molar-refractivity contribution in [3.63, 3.8) is 0 Å². The first-order valence-corrected chi connectivity index (χ1v) is 18.2. The van der Waals surface area contributed by atoms with E-state index in [1.807, 2.05) is 74.5 Å². The van der Waals surface area contributed by atoms with Crippen molar-refractivity contribution in [1.29, 1.82) is 0 Å². The molecule has 2 heterocycles. The van der Waals surface area contributed by atoms with Crippen LogP contribution in [0.1, 0.15) is 43.4 Å². The number of hydrogen-bond donors (Lipinski definition) is 0. The van der Waals surface area contributed by atoms with Crippen LogP contribution in [0.3, 0.4) is 0 Å². The Hall–Kier alpha value is -4.28. The maximum atomic E-state index is 6.81. The van der Waals surface area contributed by atoms with Crippen molar-refractivity contribution in [1.82, 2.24) is 0 Å². The zero-order valence-corrected chi connectivity index (χ0v) is 30.0. The molecule has 0 aromatic heterocycles. The van der Waals surface area contributed by atoms with Crippen LogP contribution >= 0.6 is 0 Å². The second-order valence-electron chi connectivity index (χ2n) is 13.5. The lowest BCUT2D eigenvalue weighted by molar-refractivity contribution is -0.316. The third kappa shape index (κ3) is 9.38. The van der Waals surface area contributed by atoms with Gasteiger partial charge in [0.2, 0.25) is 6.29 Å². The molecule has 8 atom stereocenters. The van der Waals surface area contributed by atoms with Crippen LogP contribution in [0.15, 0.2) is 127 Å². The van der Waals surface area contributed by atoms with Crippen LogP contribution in [0.5, 0.6) is 11.5 Å². The maximum absolute atomic E-state index is 6.81. The molecule has 5 aromatic carbocycles. The molecule has 0 spiro atoms. The number of benzene rings is 5. The third-order valence-electron chi connectivity index (χ3n) is 9.75. The summed E-state index contributed by atoms with van der Waals surface area (Å²) < 4.78 is 51.2. The Balaban J connectivity index is 1.05. The normalized spacial score (nSPS) is 26.2. The lowest BCUT2D eigenvalue weighted by atomic mass is 9.99. The van der Waals surface area contributed by atoms with Crippen molar-refractivity contribution in [2.24, 2.45) is 0 Å². The Bertz CT molecular complexity index is 1820. The Kier molecular flexibility index (Phi) is 12.1. The molecule has 2 fully saturated rings. The van der Waals surface area contributed by atoms with E-state index in [1.54, 1.807) is 7.11 Å². The van der Waals surface area contributed by atoms with Gasteiger partial charge >= 0.3 is 0 Å². The molecule has 2 aliphatic heterocycles. The van der Waals surface area contributed by atoms with E-state index in [2.05, 4.69) is 66.7 Å². The first-order chi connectivity index (χ1) is 25.5. The summed E-state index contributed by atoms with van der Waals surface area (Å²) in [5, 5.41) is 2.39. The largest absolute Gasteiger partial charge is 0.497 e. The van der Waals surface area contributed by atoms with Crippen molar-refractivity contribution in [3.8, 4) is 11.5 Å². The highest BCUT2D eigenvalue weighted by Crippen LogP contribution is 2.34. The second-order valence-corrected chi connectivity index (χ2v) is 13.5. The number of methoxy groups -OCH3 is 1. The molecule has 0 radical (unpaired) electrons. The standard InChI is InChI=1S/C44H48O8/c1-30-43(48-29-34-18-19-35-16-10-11-17-36(35)24-34)39(46-27-32-12-6-4-7-13-32)25-42(49-30)52-44-31(2)50-41(51-38-22-20-37(45-3)21-23-38)26-40(44)47-28-33-14-8-5-9-15-33/h4-24,30-31,39-44H,25-29H2,1-3H3/t30-,31-,39-,40+,41+,42+,43-,44-/m1/s1. The minimum atomic E-state index is -0.561. The van der Waals surface area contributed by atoms with Crippen LogP contribution in [-0.4, -0.2) is 56.3 Å². The second kappa shape index (κ2) is 17.5. The van der Waals surface area contributed by atoms with E-state index in [-0.39, 0.29) is 30.5 Å². The molecule has 8 nitrogen and oxygen atoms in total. The van der Waals surface area contributed by atoms with Crippen molar-refractivity contribution < 1.29 is 37.9 Å². The fraction of sp³-hybridized carbons (Fsp3) is 0.364. The van der Waals surface area contributed by atoms with Gasteiger partial charge in [-0.2, -0.15) is 0 Å². The van der Waals surface area contributed by atoms with Crippen molar-refractivity contribution in [2.75, 3.05) is 7.11 Å². The SMILES string of the molecule is COc1ccc(O[C@H]2C[C@H](OCc3ccccc3)[C@H](O[C@H]3C[C@@H](OCc4ccccc4)[C@H](OCc4ccc5ccccc5c4)[C@@H](C)O3)[C@@H](C)O2)cc1. The van der Waals surface area contributed by atoms with Gasteiger partial charge in [0.05, 0.1) is 51.3 Å². The predicted molar refractivity (Wildman–Crippen MR) is 199 cm³/mol. The summed E-state index contributed by atoms with van der Waals surface area (Å²) in [5.41, 5.74) is 3.28. The number of rotatable bonds is 14. The summed E-state index contributed by atoms with van der Waals surface area (Å²) in [5.74, 6) is 1.45. The fourth-order valence-corrected chi connectivity index (χ4v) is 6.98. The van der Waals surface area contributed by atoms with Gasteiger partial charge in [-0.25, -0.2) is 0 Å². The monoisotopic (exact) mass is 704 g/mol. The van der Waals surface area contributed by atoms with Crippen molar-refractivity contribution >= 4 is 10.8 Å². The van der Waals surface area contributed by atoms with Crippen LogP contribution in [0.4, 0.5) is 0 Å². The van der Waals surface area contributed by atoms with E-state index >= 15 is 0 Å². The van der Waals surface area contributed by atoms with Crippen LogP contribution in [0.2, 0.25) is 0 Å². The van der Waals surface area contributed by atoms with Gasteiger partial charge in [-0.15, -0.1) is 0 Å². The number of ether oxygens (including phenoxy) is 8. The minimum Gasteiger partial charge on any atom is -0.497 e.